The van der Waals surface area contributed by atoms with Gasteiger partial charge in [-0.05, 0) is 25.9 Å². The molecule has 0 aliphatic rings. The van der Waals surface area contributed by atoms with Crippen molar-refractivity contribution in [2.75, 3.05) is 26.2 Å². The molecule has 0 heterocycles. The van der Waals surface area contributed by atoms with Gasteiger partial charge in [-0.25, -0.2) is 5.48 Å². The van der Waals surface area contributed by atoms with Crippen LogP contribution in [0, 0.1) is 0 Å². The van der Waals surface area contributed by atoms with E-state index >= 15 is 0 Å². The maximum absolute atomic E-state index is 5.25. The lowest BCUT2D eigenvalue weighted by atomic mass is 10.4. The van der Waals surface area contributed by atoms with Gasteiger partial charge in [0.1, 0.15) is 0 Å². The van der Waals surface area contributed by atoms with Crippen molar-refractivity contribution in [1.29, 1.82) is 0 Å². The van der Waals surface area contributed by atoms with Crippen molar-refractivity contribution in [2.24, 2.45) is 11.5 Å². The van der Waals surface area contributed by atoms with Gasteiger partial charge in [-0.2, -0.15) is 0 Å². The van der Waals surface area contributed by atoms with Crippen LogP contribution < -0.4 is 16.9 Å². The molecule has 0 spiro atoms. The molecule has 13 heavy (non-hydrogen) atoms. The number of rotatable bonds is 7. The first-order valence-corrected chi connectivity index (χ1v) is 3.66. The molecule has 0 aromatic rings. The van der Waals surface area contributed by atoms with Crippen LogP contribution in [-0.2, 0) is 4.84 Å². The molecule has 0 saturated heterocycles. The number of nitrogens with one attached hydrogen (secondary N) is 1. The van der Waals surface area contributed by atoms with Gasteiger partial charge in [0.15, 0.2) is 0 Å². The Morgan fingerprint density at radius 3 is 1.92 bits per heavy atom. The summed E-state index contributed by atoms with van der Waals surface area (Å²) in [5, 5.41) is 0. The molecule has 5 N–H and O–H groups in total. The quantitative estimate of drug-likeness (QED) is 0.447. The molecule has 0 aliphatic heterocycles. The SMILES string of the molecule is Br.Br.Br.NCCCNOCCCN. The Morgan fingerprint density at radius 1 is 0.923 bits per heavy atom. The Morgan fingerprint density at radius 2 is 1.46 bits per heavy atom. The van der Waals surface area contributed by atoms with Gasteiger partial charge in [-0.15, -0.1) is 50.9 Å². The summed E-state index contributed by atoms with van der Waals surface area (Å²) in [6, 6.07) is 0. The van der Waals surface area contributed by atoms with Gasteiger partial charge in [0.2, 0.25) is 0 Å². The maximum atomic E-state index is 5.25. The fourth-order valence-electron chi connectivity index (χ4n) is 0.474. The summed E-state index contributed by atoms with van der Waals surface area (Å²) in [5.74, 6) is 0. The molecule has 0 aliphatic carbocycles. The van der Waals surface area contributed by atoms with Crippen LogP contribution in [0.1, 0.15) is 12.8 Å². The second-order valence-corrected chi connectivity index (χ2v) is 2.03. The summed E-state index contributed by atoms with van der Waals surface area (Å²) in [4.78, 5) is 4.99. The molecule has 0 atom stereocenters. The van der Waals surface area contributed by atoms with Crippen LogP contribution in [0.2, 0.25) is 0 Å². The van der Waals surface area contributed by atoms with Crippen LogP contribution in [0.5, 0.6) is 0 Å². The molecular weight excluding hydrogens is 370 g/mol. The summed E-state index contributed by atoms with van der Waals surface area (Å²) in [6.45, 7) is 2.88. The number of hydrogen-bond donors (Lipinski definition) is 3. The minimum atomic E-state index is 0. The van der Waals surface area contributed by atoms with Crippen molar-refractivity contribution < 1.29 is 4.84 Å². The monoisotopic (exact) mass is 387 g/mol. The summed E-state index contributed by atoms with van der Waals surface area (Å²) in [6.07, 6.45) is 1.85. The summed E-state index contributed by atoms with van der Waals surface area (Å²) in [5.41, 5.74) is 13.3. The van der Waals surface area contributed by atoms with E-state index in [2.05, 4.69) is 5.48 Å². The van der Waals surface area contributed by atoms with Crippen LogP contribution >= 0.6 is 50.9 Å². The van der Waals surface area contributed by atoms with Crippen molar-refractivity contribution in [3.05, 3.63) is 0 Å². The maximum Gasteiger partial charge on any atom is 0.0694 e. The van der Waals surface area contributed by atoms with E-state index < -0.39 is 0 Å². The second-order valence-electron chi connectivity index (χ2n) is 2.03. The Hall–Kier alpha value is 1.28. The van der Waals surface area contributed by atoms with Crippen LogP contribution in [0.3, 0.4) is 0 Å². The molecule has 0 fully saturated rings. The van der Waals surface area contributed by atoms with Gasteiger partial charge in [-0.1, -0.05) is 0 Å². The second kappa shape index (κ2) is 23.3. The number of hydrogen-bond acceptors (Lipinski definition) is 4. The topological polar surface area (TPSA) is 73.3 Å². The summed E-state index contributed by atoms with van der Waals surface area (Å²) in [7, 11) is 0. The molecule has 0 aromatic heterocycles. The van der Waals surface area contributed by atoms with Gasteiger partial charge >= 0.3 is 0 Å². The zero-order valence-corrected chi connectivity index (χ0v) is 12.7. The molecule has 0 unspecified atom stereocenters. The van der Waals surface area contributed by atoms with Crippen molar-refractivity contribution in [2.45, 2.75) is 12.8 Å². The third-order valence-electron chi connectivity index (χ3n) is 1.04. The highest BCUT2D eigenvalue weighted by molar-refractivity contribution is 8.93. The fourth-order valence-corrected chi connectivity index (χ4v) is 0.474. The molecular formula is C6H20Br3N3O. The van der Waals surface area contributed by atoms with Gasteiger partial charge in [0.05, 0.1) is 6.61 Å². The van der Waals surface area contributed by atoms with Crippen molar-refractivity contribution in [3.63, 3.8) is 0 Å². The standard InChI is InChI=1S/C6H17N3O.3BrH/c7-3-1-5-9-10-6-2-4-8;;;/h9H,1-8H2;3*1H. The first kappa shape index (κ1) is 23.8. The van der Waals surface area contributed by atoms with Crippen molar-refractivity contribution in [3.8, 4) is 0 Å². The molecule has 86 valence electrons. The average Bonchev–Trinajstić information content (AvgIpc) is 1.97. The predicted octanol–water partition coefficient (Wildman–Crippen LogP) is 0.939. The Bertz CT molecular complexity index is 63.1. The third-order valence-corrected chi connectivity index (χ3v) is 1.04. The fraction of sp³-hybridized carbons (Fsp3) is 1.00. The van der Waals surface area contributed by atoms with E-state index in [-0.39, 0.29) is 50.9 Å². The number of hydroxylamine groups is 1. The van der Waals surface area contributed by atoms with E-state index in [4.69, 9.17) is 16.3 Å². The van der Waals surface area contributed by atoms with Gasteiger partial charge < -0.3 is 16.3 Å². The van der Waals surface area contributed by atoms with Crippen LogP contribution in [0.15, 0.2) is 0 Å². The average molecular weight is 390 g/mol. The summed E-state index contributed by atoms with van der Waals surface area (Å²) >= 11 is 0. The van der Waals surface area contributed by atoms with Crippen LogP contribution in [-0.4, -0.2) is 26.2 Å². The molecule has 0 bridgehead atoms. The van der Waals surface area contributed by atoms with Crippen molar-refractivity contribution >= 4 is 50.9 Å². The first-order chi connectivity index (χ1) is 4.91. The Labute approximate surface area is 111 Å². The van der Waals surface area contributed by atoms with Crippen LogP contribution in [0.25, 0.3) is 0 Å². The molecule has 0 amide bonds. The molecule has 0 aromatic carbocycles. The minimum absolute atomic E-state index is 0. The molecule has 0 saturated carbocycles. The predicted molar refractivity (Wildman–Crippen MR) is 72.3 cm³/mol. The summed E-state index contributed by atoms with van der Waals surface area (Å²) < 4.78 is 0. The van der Waals surface area contributed by atoms with Gasteiger partial charge in [-0.3, -0.25) is 0 Å². The Balaban J connectivity index is -0.000000135. The minimum Gasteiger partial charge on any atom is -0.330 e. The highest BCUT2D eigenvalue weighted by atomic mass is 79.9. The van der Waals surface area contributed by atoms with E-state index in [0.29, 0.717) is 19.7 Å². The Kier molecular flexibility index (Phi) is 42.6. The van der Waals surface area contributed by atoms with E-state index in [1.54, 1.807) is 0 Å². The van der Waals surface area contributed by atoms with Gasteiger partial charge in [0.25, 0.3) is 0 Å². The number of nitrogens with two attached hydrogens (primary N) is 2. The van der Waals surface area contributed by atoms with E-state index in [9.17, 15) is 0 Å². The van der Waals surface area contributed by atoms with Crippen molar-refractivity contribution in [1.82, 2.24) is 5.48 Å². The third kappa shape index (κ3) is 24.6. The lowest BCUT2D eigenvalue weighted by Crippen LogP contribution is -2.20. The zero-order chi connectivity index (χ0) is 7.66. The molecule has 7 heteroatoms. The normalized spacial score (nSPS) is 7.85. The van der Waals surface area contributed by atoms with E-state index in [1.165, 1.54) is 0 Å². The smallest absolute Gasteiger partial charge is 0.0694 e. The van der Waals surface area contributed by atoms with Crippen LogP contribution in [0.4, 0.5) is 0 Å². The lowest BCUT2D eigenvalue weighted by Gasteiger charge is -2.02. The largest absolute Gasteiger partial charge is 0.330 e. The highest BCUT2D eigenvalue weighted by Crippen LogP contribution is 1.75. The highest BCUT2D eigenvalue weighted by Gasteiger charge is 1.85. The molecule has 4 nitrogen and oxygen atoms in total. The van der Waals surface area contributed by atoms with E-state index in [0.717, 1.165) is 19.4 Å². The van der Waals surface area contributed by atoms with Gasteiger partial charge in [0, 0.05) is 6.54 Å². The first-order valence-electron chi connectivity index (χ1n) is 3.66. The molecule has 0 radical (unpaired) electrons. The lowest BCUT2D eigenvalue weighted by molar-refractivity contribution is 0.0405. The number of halogens is 3. The molecule has 0 rings (SSSR count). The van der Waals surface area contributed by atoms with E-state index in [1.807, 2.05) is 0 Å². The zero-order valence-electron chi connectivity index (χ0n) is 7.53.